The molecule has 3 heterocycles. The molecule has 130 valence electrons. The molecule has 0 N–H and O–H groups in total. The van der Waals surface area contributed by atoms with Crippen LogP contribution >= 0.6 is 0 Å². The Morgan fingerprint density at radius 1 is 1.20 bits per heavy atom. The van der Waals surface area contributed by atoms with Gasteiger partial charge in [0.25, 0.3) is 5.91 Å². The van der Waals surface area contributed by atoms with Gasteiger partial charge >= 0.3 is 0 Å². The Morgan fingerprint density at radius 3 is 2.92 bits per heavy atom. The summed E-state index contributed by atoms with van der Waals surface area (Å²) in [6, 6.07) is 10.9. The summed E-state index contributed by atoms with van der Waals surface area (Å²) in [4.78, 5) is 14.6. The van der Waals surface area contributed by atoms with Gasteiger partial charge in [-0.3, -0.25) is 4.79 Å². The molecule has 1 amide bonds. The minimum atomic E-state index is -0.620. The summed E-state index contributed by atoms with van der Waals surface area (Å²) >= 11 is 0. The van der Waals surface area contributed by atoms with Crippen LogP contribution in [0.15, 0.2) is 42.6 Å². The summed E-state index contributed by atoms with van der Waals surface area (Å²) in [6.45, 7) is 1.43. The molecule has 0 unspecified atom stereocenters. The first-order valence-corrected chi connectivity index (χ1v) is 8.41. The number of ether oxygens (including phenoxy) is 3. The lowest BCUT2D eigenvalue weighted by molar-refractivity contribution is -0.143. The van der Waals surface area contributed by atoms with Crippen molar-refractivity contribution in [1.82, 2.24) is 15.1 Å². The Morgan fingerprint density at radius 2 is 2.08 bits per heavy atom. The van der Waals surface area contributed by atoms with Gasteiger partial charge in [-0.05, 0) is 31.0 Å². The van der Waals surface area contributed by atoms with Crippen LogP contribution in [0.25, 0.3) is 0 Å². The number of aromatic nitrogens is 2. The van der Waals surface area contributed by atoms with Crippen molar-refractivity contribution in [1.29, 1.82) is 0 Å². The van der Waals surface area contributed by atoms with Gasteiger partial charge in [0.1, 0.15) is 12.7 Å². The zero-order valence-electron chi connectivity index (χ0n) is 13.7. The van der Waals surface area contributed by atoms with Crippen molar-refractivity contribution in [2.75, 3.05) is 19.7 Å². The van der Waals surface area contributed by atoms with Gasteiger partial charge in [-0.25, -0.2) is 0 Å². The third kappa shape index (κ3) is 3.50. The molecular weight excluding hydrogens is 322 g/mol. The number of fused-ring (bicyclic) bond motifs is 1. The van der Waals surface area contributed by atoms with Gasteiger partial charge in [0.15, 0.2) is 11.5 Å². The summed E-state index contributed by atoms with van der Waals surface area (Å²) < 4.78 is 17.3. The van der Waals surface area contributed by atoms with Gasteiger partial charge in [0, 0.05) is 18.8 Å². The van der Waals surface area contributed by atoms with E-state index in [1.807, 2.05) is 24.3 Å². The van der Waals surface area contributed by atoms with Crippen LogP contribution < -0.4 is 14.2 Å². The molecule has 0 radical (unpaired) electrons. The van der Waals surface area contributed by atoms with E-state index >= 15 is 0 Å². The van der Waals surface area contributed by atoms with E-state index in [2.05, 4.69) is 10.2 Å². The van der Waals surface area contributed by atoms with Crippen molar-refractivity contribution in [2.45, 2.75) is 25.0 Å². The summed E-state index contributed by atoms with van der Waals surface area (Å²) in [6.07, 6.45) is 2.64. The lowest BCUT2D eigenvalue weighted by Crippen LogP contribution is -2.51. The Kier molecular flexibility index (Phi) is 4.37. The van der Waals surface area contributed by atoms with Crippen LogP contribution in [0, 0.1) is 0 Å². The SMILES string of the molecule is O=C([C@@H]1COc2ccccc2O1)N1CCC[C@@H](Oc2cccnn2)C1. The maximum atomic E-state index is 12.8. The summed E-state index contributed by atoms with van der Waals surface area (Å²) in [7, 11) is 0. The monoisotopic (exact) mass is 341 g/mol. The fourth-order valence-electron chi connectivity index (χ4n) is 3.10. The maximum Gasteiger partial charge on any atom is 0.267 e. The second-order valence-electron chi connectivity index (χ2n) is 6.09. The molecule has 25 heavy (non-hydrogen) atoms. The molecule has 2 aliphatic heterocycles. The maximum absolute atomic E-state index is 12.8. The van der Waals surface area contributed by atoms with Crippen molar-refractivity contribution < 1.29 is 19.0 Å². The van der Waals surface area contributed by atoms with E-state index in [0.29, 0.717) is 30.5 Å². The lowest BCUT2D eigenvalue weighted by Gasteiger charge is -2.35. The highest BCUT2D eigenvalue weighted by Gasteiger charge is 2.34. The number of nitrogens with zero attached hydrogens (tertiary/aromatic N) is 3. The van der Waals surface area contributed by atoms with Gasteiger partial charge in [-0.1, -0.05) is 12.1 Å². The molecule has 2 aliphatic rings. The number of carbonyl (C=O) groups is 1. The Bertz CT molecular complexity index is 740. The van der Waals surface area contributed by atoms with Crippen LogP contribution in [0.1, 0.15) is 12.8 Å². The number of piperidine rings is 1. The molecule has 4 rings (SSSR count). The number of para-hydroxylation sites is 2. The molecular formula is C18H19N3O4. The molecule has 0 bridgehead atoms. The Hall–Kier alpha value is -2.83. The van der Waals surface area contributed by atoms with Crippen LogP contribution in [0.5, 0.6) is 17.4 Å². The molecule has 1 aromatic carbocycles. The molecule has 0 spiro atoms. The lowest BCUT2D eigenvalue weighted by atomic mass is 10.1. The van der Waals surface area contributed by atoms with E-state index in [0.717, 1.165) is 12.8 Å². The second kappa shape index (κ2) is 6.96. The molecule has 7 nitrogen and oxygen atoms in total. The normalized spacial score (nSPS) is 22.3. The highest BCUT2D eigenvalue weighted by atomic mass is 16.6. The third-order valence-electron chi connectivity index (χ3n) is 4.31. The van der Waals surface area contributed by atoms with Gasteiger partial charge in [-0.2, -0.15) is 5.10 Å². The fraction of sp³-hybridized carbons (Fsp3) is 0.389. The minimum Gasteiger partial charge on any atom is -0.485 e. The Labute approximate surface area is 145 Å². The average molecular weight is 341 g/mol. The van der Waals surface area contributed by atoms with E-state index in [-0.39, 0.29) is 18.6 Å². The number of likely N-dealkylation sites (tertiary alicyclic amines) is 1. The van der Waals surface area contributed by atoms with Gasteiger partial charge in [0.2, 0.25) is 12.0 Å². The van der Waals surface area contributed by atoms with E-state index in [9.17, 15) is 4.79 Å². The van der Waals surface area contributed by atoms with Crippen LogP contribution in [0.2, 0.25) is 0 Å². The molecule has 0 saturated carbocycles. The number of hydrogen-bond donors (Lipinski definition) is 0. The smallest absolute Gasteiger partial charge is 0.267 e. The third-order valence-corrected chi connectivity index (χ3v) is 4.31. The number of amides is 1. The zero-order valence-corrected chi connectivity index (χ0v) is 13.7. The van der Waals surface area contributed by atoms with Gasteiger partial charge in [0.05, 0.1) is 6.54 Å². The predicted octanol–water partition coefficient (Wildman–Crippen LogP) is 1.69. The standard InChI is InChI=1S/C18H19N3O4/c22-18(16-12-23-14-6-1-2-7-15(14)25-16)21-10-4-5-13(11-21)24-17-8-3-9-19-20-17/h1-3,6-9,13,16H,4-5,10-12H2/t13-,16+/m1/s1. The van der Waals surface area contributed by atoms with Crippen molar-refractivity contribution in [3.63, 3.8) is 0 Å². The molecule has 1 aromatic heterocycles. The van der Waals surface area contributed by atoms with Crippen LogP contribution in [-0.2, 0) is 4.79 Å². The van der Waals surface area contributed by atoms with Gasteiger partial charge in [-0.15, -0.1) is 5.10 Å². The first-order chi connectivity index (χ1) is 12.3. The van der Waals surface area contributed by atoms with Crippen LogP contribution in [0.4, 0.5) is 0 Å². The first kappa shape index (κ1) is 15.7. The van der Waals surface area contributed by atoms with E-state index in [1.54, 1.807) is 23.2 Å². The highest BCUT2D eigenvalue weighted by molar-refractivity contribution is 5.82. The van der Waals surface area contributed by atoms with Crippen LogP contribution in [0.3, 0.4) is 0 Å². The van der Waals surface area contributed by atoms with Crippen molar-refractivity contribution >= 4 is 5.91 Å². The summed E-state index contributed by atoms with van der Waals surface area (Å²) in [5.74, 6) is 1.69. The fourth-order valence-corrected chi connectivity index (χ4v) is 3.10. The van der Waals surface area contributed by atoms with E-state index in [4.69, 9.17) is 14.2 Å². The highest BCUT2D eigenvalue weighted by Crippen LogP contribution is 2.31. The molecule has 7 heteroatoms. The predicted molar refractivity (Wildman–Crippen MR) is 88.6 cm³/mol. The molecule has 1 fully saturated rings. The number of rotatable bonds is 3. The molecule has 2 atom stereocenters. The summed E-state index contributed by atoms with van der Waals surface area (Å²) in [5, 5.41) is 7.74. The Balaban J connectivity index is 1.39. The van der Waals surface area contributed by atoms with Crippen molar-refractivity contribution in [3.05, 3.63) is 42.6 Å². The largest absolute Gasteiger partial charge is 0.485 e. The van der Waals surface area contributed by atoms with Crippen molar-refractivity contribution in [2.24, 2.45) is 0 Å². The molecule has 0 aliphatic carbocycles. The molecule has 1 saturated heterocycles. The summed E-state index contributed by atoms with van der Waals surface area (Å²) in [5.41, 5.74) is 0. The van der Waals surface area contributed by atoms with Crippen LogP contribution in [-0.4, -0.2) is 52.9 Å². The van der Waals surface area contributed by atoms with E-state index < -0.39 is 6.10 Å². The molecule has 2 aromatic rings. The topological polar surface area (TPSA) is 73.8 Å². The number of hydrogen-bond acceptors (Lipinski definition) is 6. The minimum absolute atomic E-state index is 0.0676. The number of benzene rings is 1. The van der Waals surface area contributed by atoms with Gasteiger partial charge < -0.3 is 19.1 Å². The average Bonchev–Trinajstić information content (AvgIpc) is 2.68. The quantitative estimate of drug-likeness (QED) is 0.846. The van der Waals surface area contributed by atoms with E-state index in [1.165, 1.54) is 0 Å². The second-order valence-corrected chi connectivity index (χ2v) is 6.09. The first-order valence-electron chi connectivity index (χ1n) is 8.41. The number of carbonyl (C=O) groups excluding carboxylic acids is 1. The zero-order chi connectivity index (χ0) is 17.1. The van der Waals surface area contributed by atoms with Crippen molar-refractivity contribution in [3.8, 4) is 17.4 Å².